The molecule has 3 aliphatic rings. The fourth-order valence-electron chi connectivity index (χ4n) is 7.05. The van der Waals surface area contributed by atoms with Crippen LogP contribution in [0.4, 0.5) is 26.3 Å². The number of nitriles is 4. The maximum atomic E-state index is 13.2. The minimum atomic E-state index is -4.50. The third kappa shape index (κ3) is 5.07. The third-order valence-electron chi connectivity index (χ3n) is 9.31. The summed E-state index contributed by atoms with van der Waals surface area (Å²) >= 11 is 0. The normalized spacial score (nSPS) is 17.1. The number of halogens is 6. The van der Waals surface area contributed by atoms with Gasteiger partial charge in [-0.15, -0.1) is 0 Å². The number of nitrogens with zero attached hydrogens (tertiary/aromatic N) is 4. The summed E-state index contributed by atoms with van der Waals surface area (Å²) in [7, 11) is 0. The quantitative estimate of drug-likeness (QED) is 0.157. The van der Waals surface area contributed by atoms with E-state index < -0.39 is 29.4 Å². The van der Waals surface area contributed by atoms with Crippen LogP contribution in [0.1, 0.15) is 39.3 Å². The molecule has 10 heteroatoms. The van der Waals surface area contributed by atoms with E-state index in [1.165, 1.54) is 24.3 Å². The molecule has 0 radical (unpaired) electrons. The van der Waals surface area contributed by atoms with Crippen LogP contribution in [-0.4, -0.2) is 0 Å². The Hall–Kier alpha value is -6.62. The summed E-state index contributed by atoms with van der Waals surface area (Å²) in [4.78, 5) is 0. The van der Waals surface area contributed by atoms with Crippen molar-refractivity contribution in [3.05, 3.63) is 147 Å². The van der Waals surface area contributed by atoms with Gasteiger partial charge in [0.1, 0.15) is 35.4 Å². The van der Waals surface area contributed by atoms with Crippen LogP contribution in [0.3, 0.4) is 0 Å². The molecule has 4 aromatic rings. The smallest absolute Gasteiger partial charge is 0.192 e. The Morgan fingerprint density at radius 1 is 0.480 bits per heavy atom. The summed E-state index contributed by atoms with van der Waals surface area (Å²) in [5, 5.41) is 40.0. The molecule has 0 saturated heterocycles. The molecular formula is C40H18F6N4. The fraction of sp³-hybridized carbons (Fsp3) is 0.100. The van der Waals surface area contributed by atoms with E-state index in [2.05, 4.69) is 0 Å². The van der Waals surface area contributed by atoms with Crippen LogP contribution >= 0.6 is 0 Å². The first-order valence-electron chi connectivity index (χ1n) is 15.1. The molecule has 240 valence electrons. The van der Waals surface area contributed by atoms with Crippen LogP contribution in [0.5, 0.6) is 0 Å². The number of fused-ring (bicyclic) bond motifs is 6. The Labute approximate surface area is 281 Å². The average Bonchev–Trinajstić information content (AvgIpc) is 3.59. The van der Waals surface area contributed by atoms with E-state index in [-0.39, 0.29) is 17.1 Å². The first kappa shape index (κ1) is 32.0. The van der Waals surface area contributed by atoms with Gasteiger partial charge in [-0.25, -0.2) is 0 Å². The lowest BCUT2D eigenvalue weighted by Crippen LogP contribution is -2.09. The van der Waals surface area contributed by atoms with Crippen molar-refractivity contribution >= 4 is 16.7 Å². The molecule has 0 N–H and O–H groups in total. The predicted molar refractivity (Wildman–Crippen MR) is 172 cm³/mol. The Bertz CT molecular complexity index is 2400. The number of benzene rings is 4. The van der Waals surface area contributed by atoms with Crippen molar-refractivity contribution in [1.82, 2.24) is 0 Å². The van der Waals surface area contributed by atoms with Crippen molar-refractivity contribution in [3.63, 3.8) is 0 Å². The first-order chi connectivity index (χ1) is 23.9. The maximum absolute atomic E-state index is 13.2. The summed E-state index contributed by atoms with van der Waals surface area (Å²) in [6.45, 7) is 0. The monoisotopic (exact) mass is 668 g/mol. The van der Waals surface area contributed by atoms with Gasteiger partial charge in [0, 0.05) is 17.4 Å². The summed E-state index contributed by atoms with van der Waals surface area (Å²) < 4.78 is 79.2. The van der Waals surface area contributed by atoms with Gasteiger partial charge in [-0.2, -0.15) is 47.4 Å². The Kier molecular flexibility index (Phi) is 7.36. The largest absolute Gasteiger partial charge is 0.416 e. The molecule has 0 spiro atoms. The van der Waals surface area contributed by atoms with E-state index in [1.807, 2.05) is 42.5 Å². The average molecular weight is 669 g/mol. The molecule has 0 bridgehead atoms. The van der Waals surface area contributed by atoms with Gasteiger partial charge in [0.05, 0.1) is 11.1 Å². The van der Waals surface area contributed by atoms with Crippen LogP contribution < -0.4 is 0 Å². The highest BCUT2D eigenvalue weighted by Gasteiger charge is 2.43. The zero-order valence-electron chi connectivity index (χ0n) is 25.4. The zero-order chi connectivity index (χ0) is 35.5. The first-order valence-corrected chi connectivity index (χ1v) is 15.1. The lowest BCUT2D eigenvalue weighted by Gasteiger charge is -2.23. The number of hydrogen-bond acceptors (Lipinski definition) is 4. The Morgan fingerprint density at radius 3 is 1.44 bits per heavy atom. The van der Waals surface area contributed by atoms with Crippen LogP contribution in [-0.2, 0) is 12.4 Å². The van der Waals surface area contributed by atoms with E-state index in [9.17, 15) is 47.4 Å². The van der Waals surface area contributed by atoms with E-state index in [1.54, 1.807) is 30.3 Å². The van der Waals surface area contributed by atoms with Crippen molar-refractivity contribution in [3.8, 4) is 46.5 Å². The molecule has 7 rings (SSSR count). The van der Waals surface area contributed by atoms with Crippen molar-refractivity contribution in [2.45, 2.75) is 18.3 Å². The van der Waals surface area contributed by atoms with Gasteiger partial charge in [0.15, 0.2) is 0 Å². The van der Waals surface area contributed by atoms with Crippen molar-refractivity contribution in [2.75, 3.05) is 0 Å². The van der Waals surface area contributed by atoms with Gasteiger partial charge >= 0.3 is 12.4 Å². The van der Waals surface area contributed by atoms with Gasteiger partial charge < -0.3 is 0 Å². The van der Waals surface area contributed by atoms with Crippen molar-refractivity contribution in [2.24, 2.45) is 5.92 Å². The summed E-state index contributed by atoms with van der Waals surface area (Å²) in [6.07, 6.45) is -5.20. The molecule has 0 heterocycles. The molecule has 0 aromatic heterocycles. The minimum absolute atomic E-state index is 0.150. The van der Waals surface area contributed by atoms with Crippen LogP contribution in [0.2, 0.25) is 0 Å². The highest BCUT2D eigenvalue weighted by molar-refractivity contribution is 6.12. The lowest BCUT2D eigenvalue weighted by molar-refractivity contribution is -0.138. The van der Waals surface area contributed by atoms with Gasteiger partial charge in [0.2, 0.25) is 0 Å². The minimum Gasteiger partial charge on any atom is -0.192 e. The molecule has 50 heavy (non-hydrogen) atoms. The number of allylic oxidation sites excluding steroid dienone is 8. The van der Waals surface area contributed by atoms with Gasteiger partial charge in [0.25, 0.3) is 0 Å². The number of alkyl halides is 6. The third-order valence-corrected chi connectivity index (χ3v) is 9.31. The fourth-order valence-corrected chi connectivity index (χ4v) is 7.05. The summed E-state index contributed by atoms with van der Waals surface area (Å²) in [5.41, 5.74) is 4.88. The number of hydrogen-bond donors (Lipinski definition) is 0. The van der Waals surface area contributed by atoms with E-state index >= 15 is 0 Å². The van der Waals surface area contributed by atoms with Gasteiger partial charge in [-0.1, -0.05) is 60.7 Å². The lowest BCUT2D eigenvalue weighted by atomic mass is 9.79. The topological polar surface area (TPSA) is 95.2 Å². The van der Waals surface area contributed by atoms with Gasteiger partial charge in [-0.05, 0) is 97.6 Å². The zero-order valence-corrected chi connectivity index (χ0v) is 25.4. The molecular weight excluding hydrogens is 650 g/mol. The second-order valence-corrected chi connectivity index (χ2v) is 11.9. The molecule has 0 saturated carbocycles. The van der Waals surface area contributed by atoms with Crippen molar-refractivity contribution < 1.29 is 26.3 Å². The second-order valence-electron chi connectivity index (χ2n) is 11.9. The molecule has 3 aliphatic carbocycles. The van der Waals surface area contributed by atoms with Crippen LogP contribution in [0.25, 0.3) is 39.0 Å². The van der Waals surface area contributed by atoms with Crippen LogP contribution in [0.15, 0.2) is 114 Å². The molecule has 4 aromatic carbocycles. The molecule has 4 nitrogen and oxygen atoms in total. The molecule has 2 unspecified atom stereocenters. The predicted octanol–water partition coefficient (Wildman–Crippen LogP) is 10.4. The molecule has 0 fully saturated rings. The standard InChI is InChI=1S/C40H18F6N4/c41-39(42,43)27-7-1-21(2-8-27)23-5-11-29-31-15-32-30-12-6-24(22-3-9-28(10-4-22)40(44,45)46)14-34(30)38(26(19-49)20-50)36(32)16-35(31)37(33(29)13-23)25(17-47)18-48/h1-16,31,35H. The second kappa shape index (κ2) is 11.5. The highest BCUT2D eigenvalue weighted by atomic mass is 19.4. The van der Waals surface area contributed by atoms with Crippen molar-refractivity contribution in [1.29, 1.82) is 21.0 Å². The maximum Gasteiger partial charge on any atom is 0.416 e. The van der Waals surface area contributed by atoms with E-state index in [4.69, 9.17) is 0 Å². The Balaban J connectivity index is 1.38. The van der Waals surface area contributed by atoms with E-state index in [0.29, 0.717) is 61.2 Å². The SMILES string of the molecule is N#CC(C#N)=C1C2=CC3C(=C(C#N)C#N)c4cc(-c5ccc(C(F)(F)F)cc5)ccc4C3C=C2c2ccc(-c3ccc(C(F)(F)F)cc3)cc21. The summed E-state index contributed by atoms with van der Waals surface area (Å²) in [5.74, 6) is -0.926. The molecule has 0 aliphatic heterocycles. The molecule has 0 amide bonds. The molecule has 2 atom stereocenters. The number of rotatable bonds is 2. The summed E-state index contributed by atoms with van der Waals surface area (Å²) in [6, 6.07) is 27.9. The van der Waals surface area contributed by atoms with Gasteiger partial charge in [-0.3, -0.25) is 0 Å². The Morgan fingerprint density at radius 2 is 0.940 bits per heavy atom. The highest BCUT2D eigenvalue weighted by Crippen LogP contribution is 2.58. The van der Waals surface area contributed by atoms with Crippen LogP contribution in [0, 0.1) is 51.2 Å². The van der Waals surface area contributed by atoms with E-state index in [0.717, 1.165) is 29.8 Å².